The van der Waals surface area contributed by atoms with E-state index in [0.717, 1.165) is 0 Å². The van der Waals surface area contributed by atoms with Crippen molar-refractivity contribution in [2.45, 2.75) is 73.4 Å². The maximum atomic E-state index is 15.1. The molecule has 202 valence electrons. The smallest absolute Gasteiger partial charge is 0.276 e. The summed E-state index contributed by atoms with van der Waals surface area (Å²) in [6.45, 7) is 1.43. The Morgan fingerprint density at radius 3 is 1.86 bits per heavy atom. The van der Waals surface area contributed by atoms with Gasteiger partial charge in [-0.05, 0) is 18.4 Å². The minimum absolute atomic E-state index is 0.0991. The van der Waals surface area contributed by atoms with Gasteiger partial charge in [0.05, 0.1) is 11.3 Å². The molecule has 0 saturated heterocycles. The molecule has 1 aliphatic heterocycles. The molecule has 1 fully saturated rings. The Morgan fingerprint density at radius 2 is 1.27 bits per heavy atom. The fourth-order valence-electron chi connectivity index (χ4n) is 5.47. The molecule has 2 aliphatic rings. The molecule has 0 spiro atoms. The van der Waals surface area contributed by atoms with Gasteiger partial charge in [-0.15, -0.1) is 0 Å². The molecule has 0 N–H and O–H groups in total. The number of hydrogen-bond donors (Lipinski definition) is 0. The fourth-order valence-corrected chi connectivity index (χ4v) is 5.47. The molecule has 2 aromatic carbocycles. The molecule has 0 aromatic heterocycles. The van der Waals surface area contributed by atoms with E-state index < -0.39 is 47.2 Å². The van der Waals surface area contributed by atoms with Crippen molar-refractivity contribution in [3.05, 3.63) is 71.3 Å². The van der Waals surface area contributed by atoms with E-state index in [-0.39, 0.29) is 25.0 Å². The van der Waals surface area contributed by atoms with Crippen LogP contribution in [-0.2, 0) is 5.41 Å². The minimum atomic E-state index is -7.44. The van der Waals surface area contributed by atoms with Gasteiger partial charge in [0, 0.05) is 23.0 Å². The van der Waals surface area contributed by atoms with Crippen LogP contribution in [0.2, 0.25) is 0 Å². The first kappa shape index (κ1) is 27.4. The zero-order chi connectivity index (χ0) is 27.7. The molecular formula is C25H20F11N. The first-order valence-electron chi connectivity index (χ1n) is 11.2. The Kier molecular flexibility index (Phi) is 6.04. The lowest BCUT2D eigenvalue weighted by atomic mass is 9.62. The van der Waals surface area contributed by atoms with Crippen LogP contribution >= 0.6 is 0 Å². The first-order chi connectivity index (χ1) is 16.8. The van der Waals surface area contributed by atoms with Crippen molar-refractivity contribution in [3.63, 3.8) is 0 Å². The number of benzene rings is 2. The second-order valence-electron chi connectivity index (χ2n) is 9.69. The number of aliphatic imine (C=N–C) groups is 1. The molecule has 1 saturated carbocycles. The molecule has 1 aliphatic carbocycles. The van der Waals surface area contributed by atoms with Gasteiger partial charge >= 0.3 is 29.9 Å². The Balaban J connectivity index is 1.88. The molecule has 4 rings (SSSR count). The van der Waals surface area contributed by atoms with Gasteiger partial charge in [-0.25, -0.2) is 0 Å². The van der Waals surface area contributed by atoms with Gasteiger partial charge in [-0.1, -0.05) is 67.9 Å². The van der Waals surface area contributed by atoms with Crippen molar-refractivity contribution >= 4 is 5.71 Å². The predicted molar refractivity (Wildman–Crippen MR) is 113 cm³/mol. The molecule has 2 aromatic rings. The standard InChI is InChI=1S/C25H20F11N/c1-19-12-7-13-20(19,14-21(26,27)22(28,29)23(30,31)24(32,33)25(34,35)36)37-18(15-8-3-2-4-9-15)16-10-5-6-11-17(16)19/h2-6,8-11H,7,12-14H2,1H3/t19-,20+/m1/s1. The highest BCUT2D eigenvalue weighted by Crippen LogP contribution is 2.63. The average Bonchev–Trinajstić information content (AvgIpc) is 3.14. The van der Waals surface area contributed by atoms with Gasteiger partial charge in [0.1, 0.15) is 0 Å². The third-order valence-electron chi connectivity index (χ3n) is 7.56. The first-order valence-corrected chi connectivity index (χ1v) is 11.2. The second kappa shape index (κ2) is 8.17. The topological polar surface area (TPSA) is 12.4 Å². The van der Waals surface area contributed by atoms with Crippen molar-refractivity contribution < 1.29 is 48.3 Å². The largest absolute Gasteiger partial charge is 0.460 e. The molecular weight excluding hydrogens is 523 g/mol. The van der Waals surface area contributed by atoms with Gasteiger partial charge in [0.2, 0.25) is 0 Å². The van der Waals surface area contributed by atoms with Crippen molar-refractivity contribution in [2.75, 3.05) is 0 Å². The van der Waals surface area contributed by atoms with Crippen molar-refractivity contribution in [3.8, 4) is 0 Å². The maximum Gasteiger partial charge on any atom is 0.460 e. The zero-order valence-electron chi connectivity index (χ0n) is 19.1. The van der Waals surface area contributed by atoms with E-state index in [1.807, 2.05) is 0 Å². The summed E-state index contributed by atoms with van der Waals surface area (Å²) in [5, 5.41) is 0. The number of alkyl halides is 11. The van der Waals surface area contributed by atoms with Crippen LogP contribution in [0.3, 0.4) is 0 Å². The van der Waals surface area contributed by atoms with Gasteiger partial charge in [-0.2, -0.15) is 48.3 Å². The summed E-state index contributed by atoms with van der Waals surface area (Å²) >= 11 is 0. The quantitative estimate of drug-likeness (QED) is 0.326. The molecule has 0 amide bonds. The Hall–Kier alpha value is -2.66. The molecule has 37 heavy (non-hydrogen) atoms. The third kappa shape index (κ3) is 3.68. The van der Waals surface area contributed by atoms with E-state index in [1.165, 1.54) is 6.92 Å². The van der Waals surface area contributed by atoms with Crippen molar-refractivity contribution in [1.82, 2.24) is 0 Å². The number of fused-ring (bicyclic) bond motifs is 3. The molecule has 0 unspecified atom stereocenters. The Morgan fingerprint density at radius 1 is 0.703 bits per heavy atom. The van der Waals surface area contributed by atoms with Crippen LogP contribution in [0.5, 0.6) is 0 Å². The summed E-state index contributed by atoms with van der Waals surface area (Å²) in [4.78, 5) is 4.40. The van der Waals surface area contributed by atoms with Crippen molar-refractivity contribution in [2.24, 2.45) is 4.99 Å². The SMILES string of the molecule is C[C@]12CCC[C@@]1(CC(F)(F)C(F)(F)C(F)(F)C(F)(F)C(F)(F)F)N=C(c1ccccc1)c1ccccc12. The minimum Gasteiger partial charge on any atom is -0.276 e. The summed E-state index contributed by atoms with van der Waals surface area (Å²) in [5.74, 6) is -27.9. The van der Waals surface area contributed by atoms with E-state index in [4.69, 9.17) is 0 Å². The lowest BCUT2D eigenvalue weighted by Crippen LogP contribution is -2.67. The van der Waals surface area contributed by atoms with E-state index >= 15 is 8.78 Å². The summed E-state index contributed by atoms with van der Waals surface area (Å²) < 4.78 is 152. The van der Waals surface area contributed by atoms with Gasteiger partial charge in [0.15, 0.2) is 0 Å². The van der Waals surface area contributed by atoms with Crippen LogP contribution in [0, 0.1) is 0 Å². The Bertz CT molecular complexity index is 1200. The van der Waals surface area contributed by atoms with Gasteiger partial charge in [0.25, 0.3) is 0 Å². The average molecular weight is 543 g/mol. The van der Waals surface area contributed by atoms with Crippen LogP contribution in [-0.4, -0.2) is 41.1 Å². The number of nitrogens with zero attached hydrogens (tertiary/aromatic N) is 1. The van der Waals surface area contributed by atoms with Crippen LogP contribution in [0.4, 0.5) is 48.3 Å². The van der Waals surface area contributed by atoms with E-state index in [2.05, 4.69) is 4.99 Å². The number of hydrogen-bond acceptors (Lipinski definition) is 1. The molecule has 2 atom stereocenters. The van der Waals surface area contributed by atoms with E-state index in [1.54, 1.807) is 54.6 Å². The molecule has 0 radical (unpaired) electrons. The monoisotopic (exact) mass is 543 g/mol. The van der Waals surface area contributed by atoms with Crippen LogP contribution < -0.4 is 0 Å². The molecule has 12 heteroatoms. The third-order valence-corrected chi connectivity index (χ3v) is 7.56. The van der Waals surface area contributed by atoms with Crippen molar-refractivity contribution in [1.29, 1.82) is 0 Å². The zero-order valence-corrected chi connectivity index (χ0v) is 19.1. The summed E-state index contributed by atoms with van der Waals surface area (Å²) in [7, 11) is 0. The summed E-state index contributed by atoms with van der Waals surface area (Å²) in [6.07, 6.45) is -9.41. The van der Waals surface area contributed by atoms with Gasteiger partial charge < -0.3 is 0 Å². The highest BCUT2D eigenvalue weighted by molar-refractivity contribution is 6.15. The van der Waals surface area contributed by atoms with Crippen LogP contribution in [0.25, 0.3) is 0 Å². The normalized spacial score (nSPS) is 24.9. The second-order valence-corrected chi connectivity index (χ2v) is 9.69. The molecule has 1 heterocycles. The maximum absolute atomic E-state index is 15.1. The van der Waals surface area contributed by atoms with Gasteiger partial charge in [-0.3, -0.25) is 4.99 Å². The highest BCUT2D eigenvalue weighted by Gasteiger charge is 2.87. The summed E-state index contributed by atoms with van der Waals surface area (Å²) in [5.41, 5.74) is -2.22. The van der Waals surface area contributed by atoms with E-state index in [0.29, 0.717) is 16.7 Å². The van der Waals surface area contributed by atoms with E-state index in [9.17, 15) is 39.5 Å². The fraction of sp³-hybridized carbons (Fsp3) is 0.480. The molecule has 1 nitrogen and oxygen atoms in total. The molecule has 0 bridgehead atoms. The lowest BCUT2D eigenvalue weighted by Gasteiger charge is -2.48. The highest BCUT2D eigenvalue weighted by atomic mass is 19.4. The lowest BCUT2D eigenvalue weighted by molar-refractivity contribution is -0.423. The number of halogens is 11. The number of rotatable bonds is 6. The van der Waals surface area contributed by atoms with Crippen LogP contribution in [0.1, 0.15) is 49.3 Å². The Labute approximate surface area is 204 Å². The van der Waals surface area contributed by atoms with Crippen LogP contribution in [0.15, 0.2) is 59.6 Å². The summed E-state index contributed by atoms with van der Waals surface area (Å²) in [6, 6.07) is 14.3. The predicted octanol–water partition coefficient (Wildman–Crippen LogP) is 8.21.